The Bertz CT molecular complexity index is 322. The van der Waals surface area contributed by atoms with E-state index in [4.69, 9.17) is 4.43 Å². The Kier molecular flexibility index (Phi) is 12.3. The zero-order chi connectivity index (χ0) is 18.8. The van der Waals surface area contributed by atoms with Crippen LogP contribution in [-0.2, 0) is 4.43 Å². The van der Waals surface area contributed by atoms with Gasteiger partial charge in [-0.2, -0.15) is 0 Å². The van der Waals surface area contributed by atoms with E-state index in [-0.39, 0.29) is 0 Å². The predicted molar refractivity (Wildman–Crippen MR) is 113 cm³/mol. The summed E-state index contributed by atoms with van der Waals surface area (Å²) >= 11 is 0. The molecule has 0 amide bonds. The van der Waals surface area contributed by atoms with Gasteiger partial charge in [0.15, 0.2) is 0 Å². The Labute approximate surface area is 154 Å². The average molecular weight is 355 g/mol. The van der Waals surface area contributed by atoms with Crippen molar-refractivity contribution in [3.8, 4) is 0 Å². The normalized spacial score (nSPS) is 14.9. The molecular formula is C22H46OSi. The first-order valence-electron chi connectivity index (χ1n) is 10.6. The van der Waals surface area contributed by atoms with Gasteiger partial charge in [-0.1, -0.05) is 93.6 Å². The minimum atomic E-state index is -1.80. The molecule has 0 aliphatic rings. The lowest BCUT2D eigenvalue weighted by Gasteiger charge is -2.45. The van der Waals surface area contributed by atoms with Crippen LogP contribution in [-0.4, -0.2) is 14.4 Å². The molecule has 1 atom stereocenters. The largest absolute Gasteiger partial charge is 0.409 e. The van der Waals surface area contributed by atoms with E-state index < -0.39 is 8.32 Å². The lowest BCUT2D eigenvalue weighted by atomic mass is 10.0. The summed E-state index contributed by atoms with van der Waals surface area (Å²) in [5.74, 6) is 0. The summed E-state index contributed by atoms with van der Waals surface area (Å²) in [5.41, 5.74) is 3.46. The van der Waals surface area contributed by atoms with Crippen LogP contribution in [0.5, 0.6) is 0 Å². The van der Waals surface area contributed by atoms with Crippen molar-refractivity contribution in [2.75, 3.05) is 0 Å². The number of hydrogen-bond acceptors (Lipinski definition) is 1. The third kappa shape index (κ3) is 7.04. The fraction of sp³-hybridized carbons (Fsp3) is 0.909. The molecule has 1 nitrogen and oxygen atoms in total. The van der Waals surface area contributed by atoms with Crippen LogP contribution >= 0.6 is 0 Å². The fourth-order valence-electron chi connectivity index (χ4n) is 4.29. The zero-order valence-corrected chi connectivity index (χ0v) is 19.2. The van der Waals surface area contributed by atoms with Crippen LogP contribution in [0.25, 0.3) is 0 Å². The van der Waals surface area contributed by atoms with Crippen LogP contribution in [0.3, 0.4) is 0 Å². The van der Waals surface area contributed by atoms with Gasteiger partial charge in [0.05, 0.1) is 6.10 Å². The zero-order valence-electron chi connectivity index (χ0n) is 18.2. The van der Waals surface area contributed by atoms with Gasteiger partial charge in [-0.25, -0.2) is 0 Å². The minimum Gasteiger partial charge on any atom is -0.409 e. The molecule has 0 saturated heterocycles. The number of unbranched alkanes of at least 4 members (excludes halogenated alkanes) is 4. The van der Waals surface area contributed by atoms with E-state index in [2.05, 4.69) is 68.4 Å². The molecule has 0 aromatic rings. The third-order valence-electron chi connectivity index (χ3n) is 5.64. The first-order valence-corrected chi connectivity index (χ1v) is 12.7. The minimum absolute atomic E-state index is 0.340. The van der Waals surface area contributed by atoms with E-state index in [1.807, 2.05) is 0 Å². The summed E-state index contributed by atoms with van der Waals surface area (Å²) in [6, 6.07) is 0. The average Bonchev–Trinajstić information content (AvgIpc) is 2.50. The van der Waals surface area contributed by atoms with Crippen LogP contribution < -0.4 is 0 Å². The lowest BCUT2D eigenvalue weighted by molar-refractivity contribution is 0.191. The molecule has 0 saturated carbocycles. The van der Waals surface area contributed by atoms with Crippen LogP contribution in [0.2, 0.25) is 16.6 Å². The third-order valence-corrected chi connectivity index (χ3v) is 11.7. The Morgan fingerprint density at radius 3 is 1.79 bits per heavy atom. The quantitative estimate of drug-likeness (QED) is 0.184. The standard InChI is InChI=1S/C22H46OSi/c1-10-12-14-15-17-22(21(9)16-13-11-2)23-24(18(3)4,19(5)6)20(7)8/h16,18-20,22H,10-15,17H2,1-9H3/b21-16+. The van der Waals surface area contributed by atoms with Gasteiger partial charge < -0.3 is 4.43 Å². The molecule has 144 valence electrons. The van der Waals surface area contributed by atoms with Gasteiger partial charge in [0, 0.05) is 0 Å². The van der Waals surface area contributed by atoms with E-state index >= 15 is 0 Å². The smallest absolute Gasteiger partial charge is 0.201 e. The molecule has 24 heavy (non-hydrogen) atoms. The molecule has 0 radical (unpaired) electrons. The van der Waals surface area contributed by atoms with Crippen molar-refractivity contribution in [1.82, 2.24) is 0 Å². The topological polar surface area (TPSA) is 9.23 Å². The fourth-order valence-corrected chi connectivity index (χ4v) is 9.91. The number of hydrogen-bond donors (Lipinski definition) is 0. The van der Waals surface area contributed by atoms with E-state index in [0.29, 0.717) is 22.7 Å². The lowest BCUT2D eigenvalue weighted by Crippen LogP contribution is -2.50. The molecule has 0 heterocycles. The Hall–Kier alpha value is -0.0831. The first-order chi connectivity index (χ1) is 11.2. The van der Waals surface area contributed by atoms with E-state index in [1.54, 1.807) is 0 Å². The van der Waals surface area contributed by atoms with Crippen molar-refractivity contribution < 1.29 is 4.43 Å². The van der Waals surface area contributed by atoms with Crippen LogP contribution in [0.15, 0.2) is 11.6 Å². The summed E-state index contributed by atoms with van der Waals surface area (Å²) in [4.78, 5) is 0. The van der Waals surface area contributed by atoms with Crippen molar-refractivity contribution in [2.24, 2.45) is 0 Å². The van der Waals surface area contributed by atoms with Crippen molar-refractivity contribution in [3.05, 3.63) is 11.6 Å². The highest BCUT2D eigenvalue weighted by Gasteiger charge is 2.46. The van der Waals surface area contributed by atoms with Crippen molar-refractivity contribution in [2.45, 2.75) is 130 Å². The molecule has 0 spiro atoms. The second-order valence-corrected chi connectivity index (χ2v) is 13.9. The van der Waals surface area contributed by atoms with Crippen LogP contribution in [0.4, 0.5) is 0 Å². The van der Waals surface area contributed by atoms with Crippen molar-refractivity contribution in [3.63, 3.8) is 0 Å². The van der Waals surface area contributed by atoms with Crippen molar-refractivity contribution in [1.29, 1.82) is 0 Å². The molecular weight excluding hydrogens is 308 g/mol. The monoisotopic (exact) mass is 354 g/mol. The van der Waals surface area contributed by atoms with Gasteiger partial charge in [-0.15, -0.1) is 0 Å². The van der Waals surface area contributed by atoms with Gasteiger partial charge in [0.1, 0.15) is 0 Å². The van der Waals surface area contributed by atoms with Crippen LogP contribution in [0.1, 0.15) is 107 Å². The van der Waals surface area contributed by atoms with Gasteiger partial charge >= 0.3 is 0 Å². The van der Waals surface area contributed by atoms with E-state index in [9.17, 15) is 0 Å². The highest BCUT2D eigenvalue weighted by atomic mass is 28.4. The molecule has 0 fully saturated rings. The second-order valence-electron chi connectivity index (χ2n) is 8.51. The van der Waals surface area contributed by atoms with E-state index in [0.717, 1.165) is 0 Å². The Balaban J connectivity index is 5.36. The van der Waals surface area contributed by atoms with Gasteiger partial charge in [0.25, 0.3) is 0 Å². The maximum Gasteiger partial charge on any atom is 0.201 e. The van der Waals surface area contributed by atoms with Gasteiger partial charge in [-0.3, -0.25) is 0 Å². The molecule has 0 aromatic carbocycles. The molecule has 0 aromatic heterocycles. The summed E-state index contributed by atoms with van der Waals surface area (Å²) < 4.78 is 7.13. The second kappa shape index (κ2) is 12.3. The number of allylic oxidation sites excluding steroid dienone is 1. The summed E-state index contributed by atoms with van der Waals surface area (Å²) in [5, 5.41) is 0. The predicted octanol–water partition coefficient (Wildman–Crippen LogP) is 8.26. The molecule has 0 aliphatic carbocycles. The molecule has 0 N–H and O–H groups in total. The Morgan fingerprint density at radius 1 is 0.833 bits per heavy atom. The number of rotatable bonds is 13. The van der Waals surface area contributed by atoms with Crippen LogP contribution in [0, 0.1) is 0 Å². The maximum absolute atomic E-state index is 7.13. The summed E-state index contributed by atoms with van der Waals surface area (Å²) in [7, 11) is -1.80. The SMILES string of the molecule is CCC/C=C(\C)C(CCCCCC)O[Si](C(C)C)(C(C)C)C(C)C. The summed E-state index contributed by atoms with van der Waals surface area (Å²) in [6.07, 6.45) is 11.7. The van der Waals surface area contributed by atoms with Crippen molar-refractivity contribution >= 4 is 8.32 Å². The van der Waals surface area contributed by atoms with Gasteiger partial charge in [0.2, 0.25) is 8.32 Å². The maximum atomic E-state index is 7.13. The highest BCUT2D eigenvalue weighted by molar-refractivity contribution is 6.77. The molecule has 1 unspecified atom stereocenters. The highest BCUT2D eigenvalue weighted by Crippen LogP contribution is 2.44. The Morgan fingerprint density at radius 2 is 1.38 bits per heavy atom. The molecule has 0 rings (SSSR count). The van der Waals surface area contributed by atoms with Gasteiger partial charge in [-0.05, 0) is 42.0 Å². The molecule has 0 bridgehead atoms. The first kappa shape index (κ1) is 23.9. The summed E-state index contributed by atoms with van der Waals surface area (Å²) in [6.45, 7) is 21.2. The molecule has 0 aliphatic heterocycles. The molecule has 2 heteroatoms. The van der Waals surface area contributed by atoms with E-state index in [1.165, 1.54) is 50.5 Å².